The molecule has 12 heteroatoms. The number of tetrazole rings is 1. The number of halogens is 4. The summed E-state index contributed by atoms with van der Waals surface area (Å²) in [6.07, 6.45) is 1.33. The lowest BCUT2D eigenvalue weighted by molar-refractivity contribution is -0.347. The van der Waals surface area contributed by atoms with Crippen LogP contribution in [-0.4, -0.2) is 59.8 Å². The topological polar surface area (TPSA) is 114 Å². The molecule has 3 N–H and O–H groups in total. The maximum atomic E-state index is 16.3. The molecule has 4 fully saturated rings. The van der Waals surface area contributed by atoms with Crippen LogP contribution in [0.5, 0.6) is 5.75 Å². The molecule has 0 saturated heterocycles. The number of ether oxygens (including phenoxy) is 1. The highest BCUT2D eigenvalue weighted by atomic mass is 19.3. The van der Waals surface area contributed by atoms with Gasteiger partial charge in [-0.1, -0.05) is 12.1 Å². The van der Waals surface area contributed by atoms with Gasteiger partial charge in [0.1, 0.15) is 36.4 Å². The Kier molecular flexibility index (Phi) is 5.44. The molecule has 1 aromatic heterocycles. The van der Waals surface area contributed by atoms with E-state index in [1.165, 1.54) is 0 Å². The standard InChI is InChI=1S/C26H26F4N4O4/c27-17-3-6-19(20(28)9-17)25(37,14-34-15-31-32-33-34)26(29,30)23-11-22(12-23,13-23)16-1-4-18(5-2-16)38-10-21(35)24(36)7-8-24/h1-6,9,15,21,35-37H,7-8,10-14H2/t21?,22?,23?,25-/m0/s1. The number of rotatable bonds is 10. The van der Waals surface area contributed by atoms with Crippen LogP contribution in [0, 0.1) is 17.0 Å². The van der Waals surface area contributed by atoms with Gasteiger partial charge in [-0.2, -0.15) is 0 Å². The number of hydrogen-bond acceptors (Lipinski definition) is 7. The van der Waals surface area contributed by atoms with E-state index in [2.05, 4.69) is 15.5 Å². The summed E-state index contributed by atoms with van der Waals surface area (Å²) in [4.78, 5) is 0. The van der Waals surface area contributed by atoms with Crippen LogP contribution >= 0.6 is 0 Å². The van der Waals surface area contributed by atoms with Crippen molar-refractivity contribution in [1.82, 2.24) is 20.2 Å². The Morgan fingerprint density at radius 3 is 2.32 bits per heavy atom. The smallest absolute Gasteiger partial charge is 0.287 e. The summed E-state index contributed by atoms with van der Waals surface area (Å²) in [6, 6.07) is 9.06. The van der Waals surface area contributed by atoms with Gasteiger partial charge in [-0.15, -0.1) is 5.10 Å². The molecule has 4 saturated carbocycles. The molecular formula is C26H26F4N4O4. The highest BCUT2D eigenvalue weighted by Gasteiger charge is 2.82. The van der Waals surface area contributed by atoms with E-state index < -0.39 is 57.8 Å². The zero-order valence-electron chi connectivity index (χ0n) is 20.2. The molecule has 1 unspecified atom stereocenters. The van der Waals surface area contributed by atoms with Crippen LogP contribution in [-0.2, 0) is 17.6 Å². The Morgan fingerprint density at radius 2 is 1.74 bits per heavy atom. The molecule has 2 atom stereocenters. The molecule has 0 amide bonds. The molecule has 202 valence electrons. The monoisotopic (exact) mass is 534 g/mol. The molecule has 2 aromatic carbocycles. The van der Waals surface area contributed by atoms with E-state index in [-0.39, 0.29) is 25.9 Å². The number of aliphatic hydroxyl groups excluding tert-OH is 1. The maximum Gasteiger partial charge on any atom is 0.287 e. The summed E-state index contributed by atoms with van der Waals surface area (Å²) in [5, 5.41) is 41.7. The number of aliphatic hydroxyl groups is 3. The van der Waals surface area contributed by atoms with Crippen molar-refractivity contribution in [2.75, 3.05) is 6.61 Å². The van der Waals surface area contributed by atoms with E-state index in [1.807, 2.05) is 0 Å². The third kappa shape index (κ3) is 3.64. The SMILES string of the molecule is OC(COc1ccc(C23CC(C(F)(F)[C@](O)(Cn4cnnn4)c4ccc(F)cc4F)(C2)C3)cc1)C1(O)CC1. The van der Waals surface area contributed by atoms with E-state index in [0.717, 1.165) is 28.7 Å². The molecule has 3 aromatic rings. The number of aromatic nitrogens is 4. The zero-order valence-corrected chi connectivity index (χ0v) is 20.2. The fourth-order valence-corrected chi connectivity index (χ4v) is 6.23. The van der Waals surface area contributed by atoms with Crippen molar-refractivity contribution in [2.24, 2.45) is 5.41 Å². The maximum absolute atomic E-state index is 16.3. The Bertz CT molecular complexity index is 1330. The summed E-state index contributed by atoms with van der Waals surface area (Å²) in [5.41, 5.74) is -6.10. The average Bonchev–Trinajstić information content (AvgIpc) is 3.36. The first-order valence-corrected chi connectivity index (χ1v) is 12.3. The molecule has 2 bridgehead atoms. The predicted octanol–water partition coefficient (Wildman–Crippen LogP) is 2.86. The fourth-order valence-electron chi connectivity index (χ4n) is 6.23. The summed E-state index contributed by atoms with van der Waals surface area (Å²) in [7, 11) is 0. The largest absolute Gasteiger partial charge is 0.491 e. The number of nitrogens with zero attached hydrogens (tertiary/aromatic N) is 4. The molecule has 4 aliphatic rings. The molecule has 7 rings (SSSR count). The molecule has 8 nitrogen and oxygen atoms in total. The minimum absolute atomic E-state index is 0.0594. The van der Waals surface area contributed by atoms with Crippen molar-refractivity contribution >= 4 is 0 Å². The van der Waals surface area contributed by atoms with Crippen molar-refractivity contribution in [3.05, 3.63) is 71.6 Å². The van der Waals surface area contributed by atoms with Gasteiger partial charge in [-0.3, -0.25) is 0 Å². The number of alkyl halides is 2. The summed E-state index contributed by atoms with van der Waals surface area (Å²) < 4.78 is 67.3. The summed E-state index contributed by atoms with van der Waals surface area (Å²) in [5.74, 6) is -5.55. The molecule has 4 aliphatic carbocycles. The third-order valence-corrected chi connectivity index (χ3v) is 8.63. The second-order valence-electron chi connectivity index (χ2n) is 11.1. The Hall–Kier alpha value is -3.09. The van der Waals surface area contributed by atoms with Crippen LogP contribution < -0.4 is 4.74 Å². The van der Waals surface area contributed by atoms with Crippen LogP contribution in [0.15, 0.2) is 48.8 Å². The normalized spacial score (nSPS) is 27.6. The molecular weight excluding hydrogens is 508 g/mol. The first-order valence-electron chi connectivity index (χ1n) is 12.3. The number of benzene rings is 2. The Morgan fingerprint density at radius 1 is 1.05 bits per heavy atom. The fraction of sp³-hybridized carbons (Fsp3) is 0.500. The highest BCUT2D eigenvalue weighted by molar-refractivity contribution is 5.44. The van der Waals surface area contributed by atoms with E-state index in [1.54, 1.807) is 24.3 Å². The molecule has 38 heavy (non-hydrogen) atoms. The van der Waals surface area contributed by atoms with Gasteiger partial charge in [0.05, 0.1) is 12.1 Å². The van der Waals surface area contributed by atoms with Gasteiger partial charge < -0.3 is 20.1 Å². The van der Waals surface area contributed by atoms with E-state index in [9.17, 15) is 24.1 Å². The van der Waals surface area contributed by atoms with E-state index in [0.29, 0.717) is 24.7 Å². The predicted molar refractivity (Wildman–Crippen MR) is 123 cm³/mol. The minimum Gasteiger partial charge on any atom is -0.491 e. The van der Waals surface area contributed by atoms with Gasteiger partial charge in [0, 0.05) is 17.0 Å². The van der Waals surface area contributed by atoms with Gasteiger partial charge in [0.25, 0.3) is 5.92 Å². The molecule has 1 heterocycles. The van der Waals surface area contributed by atoms with Crippen LogP contribution in [0.3, 0.4) is 0 Å². The lowest BCUT2D eigenvalue weighted by Crippen LogP contribution is -2.76. The Balaban J connectivity index is 1.20. The number of hydrogen-bond donors (Lipinski definition) is 3. The summed E-state index contributed by atoms with van der Waals surface area (Å²) >= 11 is 0. The van der Waals surface area contributed by atoms with Crippen molar-refractivity contribution < 1.29 is 37.6 Å². The van der Waals surface area contributed by atoms with E-state index in [4.69, 9.17) is 4.74 Å². The van der Waals surface area contributed by atoms with Gasteiger partial charge in [-0.05, 0) is 77.8 Å². The Labute approximate surface area is 214 Å². The lowest BCUT2D eigenvalue weighted by atomic mass is 9.30. The van der Waals surface area contributed by atoms with Crippen molar-refractivity contribution in [1.29, 1.82) is 0 Å². The first kappa shape index (κ1) is 25.2. The van der Waals surface area contributed by atoms with Crippen LogP contribution in [0.1, 0.15) is 43.2 Å². The second-order valence-corrected chi connectivity index (χ2v) is 11.1. The zero-order chi connectivity index (χ0) is 27.0. The highest BCUT2D eigenvalue weighted by Crippen LogP contribution is 2.80. The third-order valence-electron chi connectivity index (χ3n) is 8.63. The van der Waals surface area contributed by atoms with Crippen molar-refractivity contribution in [2.45, 2.75) is 67.3 Å². The van der Waals surface area contributed by atoms with Crippen molar-refractivity contribution in [3.63, 3.8) is 0 Å². The quantitative estimate of drug-likeness (QED) is 0.343. The molecule has 0 radical (unpaired) electrons. The molecule has 0 spiro atoms. The first-order chi connectivity index (χ1) is 17.9. The summed E-state index contributed by atoms with van der Waals surface area (Å²) in [6.45, 7) is -0.881. The van der Waals surface area contributed by atoms with E-state index >= 15 is 8.78 Å². The second kappa shape index (κ2) is 8.20. The van der Waals surface area contributed by atoms with Crippen LogP contribution in [0.25, 0.3) is 0 Å². The van der Waals surface area contributed by atoms with Crippen LogP contribution in [0.2, 0.25) is 0 Å². The van der Waals surface area contributed by atoms with Gasteiger partial charge in [-0.25, -0.2) is 22.2 Å². The van der Waals surface area contributed by atoms with Gasteiger partial charge in [0.15, 0.2) is 5.60 Å². The van der Waals surface area contributed by atoms with Crippen molar-refractivity contribution in [3.8, 4) is 5.75 Å². The van der Waals surface area contributed by atoms with Gasteiger partial charge in [0.2, 0.25) is 0 Å². The lowest BCUT2D eigenvalue weighted by Gasteiger charge is -2.74. The van der Waals surface area contributed by atoms with Crippen LogP contribution in [0.4, 0.5) is 17.6 Å². The average molecular weight is 535 g/mol. The molecule has 0 aliphatic heterocycles. The van der Waals surface area contributed by atoms with Gasteiger partial charge >= 0.3 is 0 Å². The minimum atomic E-state index is -3.80.